The van der Waals surface area contributed by atoms with E-state index in [1.807, 2.05) is 0 Å². The molecule has 10 heavy (non-hydrogen) atoms. The van der Waals surface area contributed by atoms with E-state index >= 15 is 0 Å². The molecule has 0 unspecified atom stereocenters. The zero-order chi connectivity index (χ0) is 6.81. The van der Waals surface area contributed by atoms with E-state index in [0.29, 0.717) is 0 Å². The van der Waals surface area contributed by atoms with E-state index in [0.717, 1.165) is 12.0 Å². The SMILES string of the molecule is C1CCC(NCC2CC2)C1. The van der Waals surface area contributed by atoms with Gasteiger partial charge < -0.3 is 5.32 Å². The summed E-state index contributed by atoms with van der Waals surface area (Å²) in [5, 5.41) is 3.64. The minimum atomic E-state index is 0.889. The second-order valence-electron chi connectivity index (χ2n) is 3.83. The van der Waals surface area contributed by atoms with Crippen LogP contribution in [0.3, 0.4) is 0 Å². The van der Waals surface area contributed by atoms with E-state index in [1.165, 1.54) is 45.1 Å². The van der Waals surface area contributed by atoms with Crippen molar-refractivity contribution in [3.8, 4) is 0 Å². The van der Waals surface area contributed by atoms with E-state index in [2.05, 4.69) is 5.32 Å². The van der Waals surface area contributed by atoms with Gasteiger partial charge in [-0.3, -0.25) is 0 Å². The van der Waals surface area contributed by atoms with Crippen LogP contribution in [-0.2, 0) is 0 Å². The fourth-order valence-corrected chi connectivity index (χ4v) is 1.79. The third-order valence-corrected chi connectivity index (χ3v) is 2.75. The summed E-state index contributed by atoms with van der Waals surface area (Å²) in [7, 11) is 0. The van der Waals surface area contributed by atoms with Crippen LogP contribution in [0, 0.1) is 5.92 Å². The molecule has 1 heteroatoms. The highest BCUT2D eigenvalue weighted by Crippen LogP contribution is 2.28. The van der Waals surface area contributed by atoms with Gasteiger partial charge in [0.05, 0.1) is 0 Å². The van der Waals surface area contributed by atoms with Gasteiger partial charge >= 0.3 is 0 Å². The zero-order valence-electron chi connectivity index (χ0n) is 6.60. The van der Waals surface area contributed by atoms with Crippen LogP contribution in [0.1, 0.15) is 38.5 Å². The van der Waals surface area contributed by atoms with Crippen LogP contribution in [0.5, 0.6) is 0 Å². The Hall–Kier alpha value is -0.0400. The molecule has 0 heterocycles. The number of rotatable bonds is 3. The first-order valence-corrected chi connectivity index (χ1v) is 4.68. The molecule has 2 rings (SSSR count). The fraction of sp³-hybridized carbons (Fsp3) is 1.00. The lowest BCUT2D eigenvalue weighted by Gasteiger charge is -2.09. The van der Waals surface area contributed by atoms with E-state index < -0.39 is 0 Å². The number of hydrogen-bond donors (Lipinski definition) is 1. The van der Waals surface area contributed by atoms with Crippen molar-refractivity contribution in [1.82, 2.24) is 5.32 Å². The maximum absolute atomic E-state index is 3.64. The summed E-state index contributed by atoms with van der Waals surface area (Å²) in [5.74, 6) is 1.06. The van der Waals surface area contributed by atoms with Gasteiger partial charge in [0.15, 0.2) is 0 Å². The number of nitrogens with one attached hydrogen (secondary N) is 1. The Morgan fingerprint density at radius 3 is 2.30 bits per heavy atom. The van der Waals surface area contributed by atoms with E-state index in [-0.39, 0.29) is 0 Å². The van der Waals surface area contributed by atoms with Crippen LogP contribution in [-0.4, -0.2) is 12.6 Å². The van der Waals surface area contributed by atoms with Crippen molar-refractivity contribution in [1.29, 1.82) is 0 Å². The monoisotopic (exact) mass is 139 g/mol. The molecule has 0 aromatic heterocycles. The smallest absolute Gasteiger partial charge is 0.00671 e. The molecule has 0 bridgehead atoms. The molecule has 0 radical (unpaired) electrons. The molecular formula is C9H17N. The molecule has 0 spiro atoms. The van der Waals surface area contributed by atoms with Crippen molar-refractivity contribution in [2.45, 2.75) is 44.6 Å². The Morgan fingerprint density at radius 1 is 1.00 bits per heavy atom. The summed E-state index contributed by atoms with van der Waals surface area (Å²) in [4.78, 5) is 0. The van der Waals surface area contributed by atoms with Crippen LogP contribution < -0.4 is 5.32 Å². The third-order valence-electron chi connectivity index (χ3n) is 2.75. The Labute approximate surface area is 63.2 Å². The molecule has 0 amide bonds. The van der Waals surface area contributed by atoms with Crippen LogP contribution in [0.2, 0.25) is 0 Å². The van der Waals surface area contributed by atoms with Crippen LogP contribution >= 0.6 is 0 Å². The predicted molar refractivity (Wildman–Crippen MR) is 43.0 cm³/mol. The van der Waals surface area contributed by atoms with Crippen molar-refractivity contribution >= 4 is 0 Å². The average Bonchev–Trinajstić information content (AvgIpc) is 2.63. The van der Waals surface area contributed by atoms with Gasteiger partial charge in [-0.15, -0.1) is 0 Å². The molecule has 2 saturated carbocycles. The Morgan fingerprint density at radius 2 is 1.70 bits per heavy atom. The normalized spacial score (nSPS) is 27.6. The lowest BCUT2D eigenvalue weighted by atomic mass is 10.2. The lowest BCUT2D eigenvalue weighted by molar-refractivity contribution is 0.507. The number of hydrogen-bond acceptors (Lipinski definition) is 1. The summed E-state index contributed by atoms with van der Waals surface area (Å²) in [6, 6.07) is 0.889. The maximum Gasteiger partial charge on any atom is 0.00671 e. The summed E-state index contributed by atoms with van der Waals surface area (Å²) in [5.41, 5.74) is 0. The summed E-state index contributed by atoms with van der Waals surface area (Å²) in [6.07, 6.45) is 8.77. The first kappa shape index (κ1) is 6.66. The molecule has 0 aliphatic heterocycles. The van der Waals surface area contributed by atoms with Gasteiger partial charge in [-0.2, -0.15) is 0 Å². The highest BCUT2D eigenvalue weighted by atomic mass is 14.9. The molecule has 0 aromatic carbocycles. The van der Waals surface area contributed by atoms with Crippen molar-refractivity contribution in [3.05, 3.63) is 0 Å². The van der Waals surface area contributed by atoms with Crippen molar-refractivity contribution in [2.75, 3.05) is 6.54 Å². The van der Waals surface area contributed by atoms with Gasteiger partial charge in [-0.1, -0.05) is 12.8 Å². The molecule has 2 aliphatic rings. The molecule has 2 fully saturated rings. The van der Waals surface area contributed by atoms with Gasteiger partial charge in [0.2, 0.25) is 0 Å². The molecule has 1 nitrogen and oxygen atoms in total. The van der Waals surface area contributed by atoms with Gasteiger partial charge in [0.1, 0.15) is 0 Å². The predicted octanol–water partition coefficient (Wildman–Crippen LogP) is 1.93. The molecular weight excluding hydrogens is 122 g/mol. The molecule has 1 N–H and O–H groups in total. The third kappa shape index (κ3) is 1.72. The fourth-order valence-electron chi connectivity index (χ4n) is 1.79. The minimum Gasteiger partial charge on any atom is -0.314 e. The second kappa shape index (κ2) is 2.91. The lowest BCUT2D eigenvalue weighted by Crippen LogP contribution is -2.27. The molecule has 0 aromatic rings. The maximum atomic E-state index is 3.64. The quantitative estimate of drug-likeness (QED) is 0.630. The Bertz CT molecular complexity index is 101. The van der Waals surface area contributed by atoms with Crippen molar-refractivity contribution in [2.24, 2.45) is 5.92 Å². The Kier molecular flexibility index (Phi) is 1.94. The van der Waals surface area contributed by atoms with Crippen molar-refractivity contribution in [3.63, 3.8) is 0 Å². The van der Waals surface area contributed by atoms with Crippen molar-refractivity contribution < 1.29 is 0 Å². The molecule has 58 valence electrons. The minimum absolute atomic E-state index is 0.889. The van der Waals surface area contributed by atoms with Gasteiger partial charge in [0, 0.05) is 6.04 Å². The molecule has 0 atom stereocenters. The summed E-state index contributed by atoms with van der Waals surface area (Å²) < 4.78 is 0. The highest BCUT2D eigenvalue weighted by Gasteiger charge is 2.23. The van der Waals surface area contributed by atoms with E-state index in [4.69, 9.17) is 0 Å². The zero-order valence-corrected chi connectivity index (χ0v) is 6.60. The van der Waals surface area contributed by atoms with Gasteiger partial charge in [-0.05, 0) is 38.1 Å². The van der Waals surface area contributed by atoms with Gasteiger partial charge in [-0.25, -0.2) is 0 Å². The van der Waals surface area contributed by atoms with Crippen LogP contribution in [0.25, 0.3) is 0 Å². The molecule has 0 saturated heterocycles. The van der Waals surface area contributed by atoms with E-state index in [9.17, 15) is 0 Å². The van der Waals surface area contributed by atoms with E-state index in [1.54, 1.807) is 0 Å². The average molecular weight is 139 g/mol. The Balaban J connectivity index is 1.59. The largest absolute Gasteiger partial charge is 0.314 e. The standard InChI is InChI=1S/C9H17N/c1-2-4-9(3-1)10-7-8-5-6-8/h8-10H,1-7H2. The highest BCUT2D eigenvalue weighted by molar-refractivity contribution is 4.80. The topological polar surface area (TPSA) is 12.0 Å². The summed E-state index contributed by atoms with van der Waals surface area (Å²) >= 11 is 0. The van der Waals surface area contributed by atoms with Gasteiger partial charge in [0.25, 0.3) is 0 Å². The van der Waals surface area contributed by atoms with Crippen LogP contribution in [0.4, 0.5) is 0 Å². The first-order chi connectivity index (χ1) is 4.95. The van der Waals surface area contributed by atoms with Crippen LogP contribution in [0.15, 0.2) is 0 Å². The first-order valence-electron chi connectivity index (χ1n) is 4.68. The molecule has 2 aliphatic carbocycles. The summed E-state index contributed by atoms with van der Waals surface area (Å²) in [6.45, 7) is 1.31. The second-order valence-corrected chi connectivity index (χ2v) is 3.83.